The van der Waals surface area contributed by atoms with Crippen LogP contribution in [0.1, 0.15) is 28.3 Å². The molecule has 1 saturated heterocycles. The average Bonchev–Trinajstić information content (AvgIpc) is 3.36. The molecule has 1 aliphatic rings. The molecule has 4 aromatic rings. The maximum atomic E-state index is 13.2. The van der Waals surface area contributed by atoms with Crippen LogP contribution >= 0.6 is 11.6 Å². The molecule has 3 aromatic carbocycles. The lowest BCUT2D eigenvalue weighted by Gasteiger charge is -2.18. The highest BCUT2D eigenvalue weighted by Crippen LogP contribution is 2.33. The molecule has 0 spiro atoms. The van der Waals surface area contributed by atoms with E-state index in [4.69, 9.17) is 11.6 Å². The molecular formula is C28H23ClN2O. The van der Waals surface area contributed by atoms with Crippen LogP contribution < -0.4 is 0 Å². The summed E-state index contributed by atoms with van der Waals surface area (Å²) in [5.74, 6) is 0.416. The summed E-state index contributed by atoms with van der Waals surface area (Å²) in [4.78, 5) is 19.3. The van der Waals surface area contributed by atoms with Crippen molar-refractivity contribution in [1.29, 1.82) is 0 Å². The molecule has 0 radical (unpaired) electrons. The van der Waals surface area contributed by atoms with Gasteiger partial charge in [0, 0.05) is 47.6 Å². The van der Waals surface area contributed by atoms with Crippen LogP contribution in [0.3, 0.4) is 0 Å². The van der Waals surface area contributed by atoms with E-state index in [2.05, 4.69) is 41.4 Å². The highest BCUT2D eigenvalue weighted by Gasteiger charge is 2.28. The number of benzene rings is 3. The van der Waals surface area contributed by atoms with Gasteiger partial charge in [0.2, 0.25) is 0 Å². The lowest BCUT2D eigenvalue weighted by molar-refractivity contribution is 0.0791. The third-order valence-corrected chi connectivity index (χ3v) is 6.50. The van der Waals surface area contributed by atoms with Gasteiger partial charge in [0.1, 0.15) is 0 Å². The van der Waals surface area contributed by atoms with E-state index in [0.717, 1.165) is 36.2 Å². The van der Waals surface area contributed by atoms with E-state index in [1.807, 2.05) is 65.8 Å². The number of hydrogen-bond acceptors (Lipinski definition) is 2. The standard InChI is InChI=1S/C28H23ClN2O/c29-27-11-10-24(28(32)31-17-14-25(19-31)22-12-15-30-16-13-22)18-26(27)23-8-6-21(7-9-23)20-4-2-1-3-5-20/h1-13,15-16,18,25H,14,17,19H2. The molecule has 0 bridgehead atoms. The fraction of sp³-hybridized carbons (Fsp3) is 0.143. The molecule has 4 heteroatoms. The van der Waals surface area contributed by atoms with E-state index in [1.165, 1.54) is 11.1 Å². The first-order chi connectivity index (χ1) is 15.7. The number of pyridine rings is 1. The maximum Gasteiger partial charge on any atom is 0.253 e. The minimum absolute atomic E-state index is 0.0559. The number of hydrogen-bond donors (Lipinski definition) is 0. The fourth-order valence-electron chi connectivity index (χ4n) is 4.39. The first-order valence-corrected chi connectivity index (χ1v) is 11.2. The normalized spacial score (nSPS) is 15.7. The van der Waals surface area contributed by atoms with E-state index in [9.17, 15) is 4.79 Å². The van der Waals surface area contributed by atoms with E-state index < -0.39 is 0 Å². The van der Waals surface area contributed by atoms with Crippen molar-refractivity contribution in [2.45, 2.75) is 12.3 Å². The Hall–Kier alpha value is -3.43. The van der Waals surface area contributed by atoms with Gasteiger partial charge in [0.25, 0.3) is 5.91 Å². The predicted octanol–water partition coefficient (Wildman–Crippen LogP) is 6.70. The summed E-state index contributed by atoms with van der Waals surface area (Å²) < 4.78 is 0. The number of nitrogens with zero attached hydrogens (tertiary/aromatic N) is 2. The Morgan fingerprint density at radius 1 is 0.844 bits per heavy atom. The second-order valence-corrected chi connectivity index (χ2v) is 8.56. The number of aromatic nitrogens is 1. The molecule has 32 heavy (non-hydrogen) atoms. The summed E-state index contributed by atoms with van der Waals surface area (Å²) in [6, 6.07) is 28.2. The van der Waals surface area contributed by atoms with Crippen molar-refractivity contribution in [3.8, 4) is 22.3 Å². The van der Waals surface area contributed by atoms with Crippen molar-refractivity contribution in [2.75, 3.05) is 13.1 Å². The van der Waals surface area contributed by atoms with Gasteiger partial charge in [-0.05, 0) is 59.0 Å². The average molecular weight is 439 g/mol. The Morgan fingerprint density at radius 3 is 2.28 bits per heavy atom. The molecule has 158 valence electrons. The molecule has 0 N–H and O–H groups in total. The minimum Gasteiger partial charge on any atom is -0.338 e. The van der Waals surface area contributed by atoms with E-state index in [-0.39, 0.29) is 5.91 Å². The largest absolute Gasteiger partial charge is 0.338 e. The van der Waals surface area contributed by atoms with Crippen LogP contribution in [0.2, 0.25) is 5.02 Å². The van der Waals surface area contributed by atoms with E-state index >= 15 is 0 Å². The van der Waals surface area contributed by atoms with Crippen molar-refractivity contribution >= 4 is 17.5 Å². The lowest BCUT2D eigenvalue weighted by atomic mass is 9.98. The first-order valence-electron chi connectivity index (χ1n) is 10.8. The summed E-state index contributed by atoms with van der Waals surface area (Å²) in [5.41, 5.74) is 6.11. The second kappa shape index (κ2) is 8.97. The molecule has 2 heterocycles. The Morgan fingerprint density at radius 2 is 1.53 bits per heavy atom. The quantitative estimate of drug-likeness (QED) is 0.355. The number of carbonyl (C=O) groups excluding carboxylic acids is 1. The van der Waals surface area contributed by atoms with Gasteiger partial charge in [-0.15, -0.1) is 0 Å². The van der Waals surface area contributed by atoms with Crippen molar-refractivity contribution in [3.05, 3.63) is 113 Å². The van der Waals surface area contributed by atoms with Gasteiger partial charge in [-0.1, -0.05) is 66.2 Å². The zero-order valence-electron chi connectivity index (χ0n) is 17.6. The molecule has 0 saturated carbocycles. The number of carbonyl (C=O) groups is 1. The summed E-state index contributed by atoms with van der Waals surface area (Å²) in [6.07, 6.45) is 4.60. The van der Waals surface area contributed by atoms with Crippen molar-refractivity contribution < 1.29 is 4.79 Å². The summed E-state index contributed by atoms with van der Waals surface area (Å²) in [5, 5.41) is 0.644. The molecule has 1 amide bonds. The van der Waals surface area contributed by atoms with Crippen LogP contribution in [0.25, 0.3) is 22.3 Å². The maximum absolute atomic E-state index is 13.2. The molecule has 1 atom stereocenters. The number of likely N-dealkylation sites (tertiary alicyclic amines) is 1. The second-order valence-electron chi connectivity index (χ2n) is 8.16. The van der Waals surface area contributed by atoms with Gasteiger partial charge in [-0.3, -0.25) is 9.78 Å². The van der Waals surface area contributed by atoms with Crippen LogP contribution in [0.5, 0.6) is 0 Å². The summed E-state index contributed by atoms with van der Waals surface area (Å²) >= 11 is 6.52. The molecule has 3 nitrogen and oxygen atoms in total. The molecule has 1 unspecified atom stereocenters. The fourth-order valence-corrected chi connectivity index (χ4v) is 4.61. The zero-order chi connectivity index (χ0) is 21.9. The third-order valence-electron chi connectivity index (χ3n) is 6.17. The smallest absolute Gasteiger partial charge is 0.253 e. The summed E-state index contributed by atoms with van der Waals surface area (Å²) in [7, 11) is 0. The highest BCUT2D eigenvalue weighted by molar-refractivity contribution is 6.33. The van der Waals surface area contributed by atoms with Crippen molar-refractivity contribution in [3.63, 3.8) is 0 Å². The minimum atomic E-state index is 0.0559. The SMILES string of the molecule is O=C(c1ccc(Cl)c(-c2ccc(-c3ccccc3)cc2)c1)N1CCC(c2ccncc2)C1. The van der Waals surface area contributed by atoms with E-state index in [0.29, 0.717) is 16.5 Å². The van der Waals surface area contributed by atoms with Gasteiger partial charge < -0.3 is 4.90 Å². The van der Waals surface area contributed by atoms with Crippen molar-refractivity contribution in [2.24, 2.45) is 0 Å². The van der Waals surface area contributed by atoms with Gasteiger partial charge in [-0.25, -0.2) is 0 Å². The Bertz CT molecular complexity index is 1220. The van der Waals surface area contributed by atoms with Crippen LogP contribution in [-0.2, 0) is 0 Å². The van der Waals surface area contributed by atoms with E-state index in [1.54, 1.807) is 0 Å². The molecule has 0 aliphatic carbocycles. The molecule has 1 aromatic heterocycles. The van der Waals surface area contributed by atoms with Gasteiger partial charge in [0.05, 0.1) is 0 Å². The lowest BCUT2D eigenvalue weighted by Crippen LogP contribution is -2.28. The first kappa shape index (κ1) is 20.5. The zero-order valence-corrected chi connectivity index (χ0v) is 18.4. The third kappa shape index (κ3) is 4.17. The highest BCUT2D eigenvalue weighted by atomic mass is 35.5. The van der Waals surface area contributed by atoms with Crippen LogP contribution in [0.15, 0.2) is 97.3 Å². The summed E-state index contributed by atoms with van der Waals surface area (Å²) in [6.45, 7) is 1.49. The molecular weight excluding hydrogens is 416 g/mol. The number of amides is 1. The Balaban J connectivity index is 1.36. The Kier molecular flexibility index (Phi) is 5.74. The van der Waals surface area contributed by atoms with Gasteiger partial charge in [0.15, 0.2) is 0 Å². The van der Waals surface area contributed by atoms with Crippen molar-refractivity contribution in [1.82, 2.24) is 9.88 Å². The monoisotopic (exact) mass is 438 g/mol. The van der Waals surface area contributed by atoms with Crippen LogP contribution in [0, 0.1) is 0 Å². The molecule has 1 aliphatic heterocycles. The molecule has 1 fully saturated rings. The van der Waals surface area contributed by atoms with Crippen LogP contribution in [0.4, 0.5) is 0 Å². The van der Waals surface area contributed by atoms with Gasteiger partial charge in [-0.2, -0.15) is 0 Å². The molecule has 5 rings (SSSR count). The van der Waals surface area contributed by atoms with Gasteiger partial charge >= 0.3 is 0 Å². The number of halogens is 1. The number of rotatable bonds is 4. The topological polar surface area (TPSA) is 33.2 Å². The Labute approximate surface area is 193 Å². The predicted molar refractivity (Wildman–Crippen MR) is 130 cm³/mol. The van der Waals surface area contributed by atoms with Crippen LogP contribution in [-0.4, -0.2) is 28.9 Å².